The number of hydrogen-bond acceptors (Lipinski definition) is 1. The molecule has 0 heterocycles. The predicted octanol–water partition coefficient (Wildman–Crippen LogP) is 4.62. The lowest BCUT2D eigenvalue weighted by atomic mass is 9.88. The fourth-order valence-corrected chi connectivity index (χ4v) is 2.36. The summed E-state index contributed by atoms with van der Waals surface area (Å²) in [6.07, 6.45) is 0. The zero-order chi connectivity index (χ0) is 14.8. The van der Waals surface area contributed by atoms with E-state index in [1.165, 1.54) is 0 Å². The Bertz CT molecular complexity index is 455. The predicted molar refractivity (Wildman–Crippen MR) is 84.7 cm³/mol. The third-order valence-corrected chi connectivity index (χ3v) is 3.84. The molecule has 0 aliphatic carbocycles. The molecule has 1 aromatic rings. The van der Waals surface area contributed by atoms with Gasteiger partial charge in [-0.3, -0.25) is 0 Å². The molecule has 19 heavy (non-hydrogen) atoms. The summed E-state index contributed by atoms with van der Waals surface area (Å²) in [5, 5.41) is 5.91. The van der Waals surface area contributed by atoms with Crippen molar-refractivity contribution in [3.8, 4) is 0 Å². The normalized spacial score (nSPS) is 13.0. The highest BCUT2D eigenvalue weighted by Crippen LogP contribution is 2.25. The van der Waals surface area contributed by atoms with Crippen LogP contribution in [0.1, 0.15) is 38.8 Å². The number of aryl methyl sites for hydroxylation is 2. The Balaban J connectivity index is 2.79. The van der Waals surface area contributed by atoms with E-state index in [2.05, 4.69) is 47.3 Å². The standard InChI is InChI=1S/C15H23BrN2O/c1-9-7-12(16)8-10(2)13(9)18-14(19)17-11(3)15(4,5)6/h7-8,11H,1-6H3,(H2,17,18,19). The lowest BCUT2D eigenvalue weighted by molar-refractivity contribution is 0.233. The summed E-state index contributed by atoms with van der Waals surface area (Å²) in [4.78, 5) is 12.0. The van der Waals surface area contributed by atoms with Gasteiger partial charge in [0.05, 0.1) is 0 Å². The van der Waals surface area contributed by atoms with Crippen molar-refractivity contribution in [1.82, 2.24) is 5.32 Å². The number of urea groups is 1. The molecule has 0 aliphatic heterocycles. The Morgan fingerprint density at radius 1 is 1.21 bits per heavy atom. The Morgan fingerprint density at radius 2 is 1.68 bits per heavy atom. The molecule has 1 unspecified atom stereocenters. The molecule has 1 aromatic carbocycles. The number of carbonyl (C=O) groups excluding carboxylic acids is 1. The van der Waals surface area contributed by atoms with Crippen molar-refractivity contribution in [2.75, 3.05) is 5.32 Å². The number of rotatable bonds is 2. The van der Waals surface area contributed by atoms with Crippen molar-refractivity contribution in [2.45, 2.75) is 47.6 Å². The highest BCUT2D eigenvalue weighted by Gasteiger charge is 2.22. The Labute approximate surface area is 124 Å². The molecule has 0 saturated heterocycles. The molecule has 0 fully saturated rings. The van der Waals surface area contributed by atoms with Crippen molar-refractivity contribution in [2.24, 2.45) is 5.41 Å². The molecule has 0 saturated carbocycles. The van der Waals surface area contributed by atoms with Gasteiger partial charge in [-0.25, -0.2) is 4.79 Å². The first-order chi connectivity index (χ1) is 8.61. The third-order valence-electron chi connectivity index (χ3n) is 3.38. The van der Waals surface area contributed by atoms with E-state index in [9.17, 15) is 4.79 Å². The molecule has 4 heteroatoms. The minimum atomic E-state index is -0.157. The zero-order valence-corrected chi connectivity index (χ0v) is 14.1. The van der Waals surface area contributed by atoms with Crippen LogP contribution >= 0.6 is 15.9 Å². The Hall–Kier alpha value is -1.03. The lowest BCUT2D eigenvalue weighted by Crippen LogP contribution is -2.43. The summed E-state index contributed by atoms with van der Waals surface area (Å²) < 4.78 is 1.02. The summed E-state index contributed by atoms with van der Waals surface area (Å²) in [5.41, 5.74) is 3.01. The topological polar surface area (TPSA) is 41.1 Å². The molecule has 0 aliphatic rings. The SMILES string of the molecule is Cc1cc(Br)cc(C)c1NC(=O)NC(C)C(C)(C)C. The van der Waals surface area contributed by atoms with Gasteiger partial charge < -0.3 is 10.6 Å². The smallest absolute Gasteiger partial charge is 0.319 e. The highest BCUT2D eigenvalue weighted by molar-refractivity contribution is 9.10. The summed E-state index contributed by atoms with van der Waals surface area (Å²) >= 11 is 3.45. The summed E-state index contributed by atoms with van der Waals surface area (Å²) in [6, 6.07) is 3.94. The van der Waals surface area contributed by atoms with Crippen LogP contribution < -0.4 is 10.6 Å². The van der Waals surface area contributed by atoms with Gasteiger partial charge in [0.25, 0.3) is 0 Å². The molecule has 0 radical (unpaired) electrons. The van der Waals surface area contributed by atoms with E-state index in [4.69, 9.17) is 0 Å². The van der Waals surface area contributed by atoms with Gasteiger partial charge in [-0.15, -0.1) is 0 Å². The second-order valence-corrected chi connectivity index (χ2v) is 7.02. The zero-order valence-electron chi connectivity index (χ0n) is 12.5. The van der Waals surface area contributed by atoms with Crippen molar-refractivity contribution >= 4 is 27.6 Å². The first kappa shape index (κ1) is 16.0. The van der Waals surface area contributed by atoms with E-state index in [0.717, 1.165) is 21.3 Å². The van der Waals surface area contributed by atoms with E-state index in [0.29, 0.717) is 0 Å². The second-order valence-electron chi connectivity index (χ2n) is 6.10. The summed E-state index contributed by atoms with van der Waals surface area (Å²) in [7, 11) is 0. The molecule has 2 amide bonds. The van der Waals surface area contributed by atoms with Gasteiger partial charge in [-0.05, 0) is 49.4 Å². The molecule has 3 nitrogen and oxygen atoms in total. The van der Waals surface area contributed by atoms with Crippen LogP contribution in [-0.4, -0.2) is 12.1 Å². The Morgan fingerprint density at radius 3 is 2.11 bits per heavy atom. The molecule has 106 valence electrons. The van der Waals surface area contributed by atoms with E-state index >= 15 is 0 Å². The third kappa shape index (κ3) is 4.53. The molecular weight excluding hydrogens is 304 g/mol. The number of amides is 2. The average molecular weight is 327 g/mol. The van der Waals surface area contributed by atoms with Gasteiger partial charge in [0.2, 0.25) is 0 Å². The van der Waals surface area contributed by atoms with Crippen LogP contribution in [-0.2, 0) is 0 Å². The van der Waals surface area contributed by atoms with Crippen LogP contribution in [0.15, 0.2) is 16.6 Å². The first-order valence-electron chi connectivity index (χ1n) is 6.45. The number of carbonyl (C=O) groups is 1. The quantitative estimate of drug-likeness (QED) is 0.817. The molecule has 0 bridgehead atoms. The van der Waals surface area contributed by atoms with E-state index in [-0.39, 0.29) is 17.5 Å². The van der Waals surface area contributed by atoms with E-state index in [1.54, 1.807) is 0 Å². The van der Waals surface area contributed by atoms with Gasteiger partial charge in [0.15, 0.2) is 0 Å². The molecule has 0 spiro atoms. The van der Waals surface area contributed by atoms with Crippen LogP contribution in [0.4, 0.5) is 10.5 Å². The maximum atomic E-state index is 12.0. The summed E-state index contributed by atoms with van der Waals surface area (Å²) in [6.45, 7) is 12.3. The monoisotopic (exact) mass is 326 g/mol. The Kier molecular flexibility index (Phi) is 5.02. The van der Waals surface area contributed by atoms with Crippen LogP contribution in [0.3, 0.4) is 0 Å². The first-order valence-corrected chi connectivity index (χ1v) is 7.25. The average Bonchev–Trinajstić information content (AvgIpc) is 2.21. The van der Waals surface area contributed by atoms with Gasteiger partial charge in [-0.2, -0.15) is 0 Å². The van der Waals surface area contributed by atoms with Crippen molar-refractivity contribution in [3.05, 3.63) is 27.7 Å². The van der Waals surface area contributed by atoms with E-state index in [1.807, 2.05) is 32.9 Å². The van der Waals surface area contributed by atoms with Crippen LogP contribution in [0.25, 0.3) is 0 Å². The second kappa shape index (κ2) is 5.95. The summed E-state index contributed by atoms with van der Waals surface area (Å²) in [5.74, 6) is 0. The minimum absolute atomic E-state index is 0.0428. The number of anilines is 1. The molecule has 0 aromatic heterocycles. The highest BCUT2D eigenvalue weighted by atomic mass is 79.9. The lowest BCUT2D eigenvalue weighted by Gasteiger charge is -2.28. The van der Waals surface area contributed by atoms with Crippen molar-refractivity contribution < 1.29 is 4.79 Å². The van der Waals surface area contributed by atoms with Crippen molar-refractivity contribution in [3.63, 3.8) is 0 Å². The molecule has 2 N–H and O–H groups in total. The van der Waals surface area contributed by atoms with Gasteiger partial charge in [0.1, 0.15) is 0 Å². The number of benzene rings is 1. The number of nitrogens with one attached hydrogen (secondary N) is 2. The fourth-order valence-electron chi connectivity index (χ4n) is 1.67. The number of halogens is 1. The fraction of sp³-hybridized carbons (Fsp3) is 0.533. The van der Waals surface area contributed by atoms with E-state index < -0.39 is 0 Å². The van der Waals surface area contributed by atoms with Crippen LogP contribution in [0.5, 0.6) is 0 Å². The van der Waals surface area contributed by atoms with Gasteiger partial charge in [-0.1, -0.05) is 36.7 Å². The van der Waals surface area contributed by atoms with Gasteiger partial charge >= 0.3 is 6.03 Å². The number of hydrogen-bond donors (Lipinski definition) is 2. The molecule has 1 atom stereocenters. The largest absolute Gasteiger partial charge is 0.335 e. The molecular formula is C15H23BrN2O. The molecule has 1 rings (SSSR count). The maximum absolute atomic E-state index is 12.0. The maximum Gasteiger partial charge on any atom is 0.319 e. The van der Waals surface area contributed by atoms with Crippen LogP contribution in [0, 0.1) is 19.3 Å². The van der Waals surface area contributed by atoms with Crippen LogP contribution in [0.2, 0.25) is 0 Å². The van der Waals surface area contributed by atoms with Crippen molar-refractivity contribution in [1.29, 1.82) is 0 Å². The van der Waals surface area contributed by atoms with Gasteiger partial charge in [0, 0.05) is 16.2 Å². The minimum Gasteiger partial charge on any atom is -0.335 e.